The van der Waals surface area contributed by atoms with E-state index in [4.69, 9.17) is 0 Å². The first-order chi connectivity index (χ1) is 7.36. The molecule has 0 bridgehead atoms. The predicted molar refractivity (Wildman–Crippen MR) is 65.6 cm³/mol. The van der Waals surface area contributed by atoms with Crippen LogP contribution in [0.25, 0.3) is 20.9 Å². The highest BCUT2D eigenvalue weighted by Crippen LogP contribution is 2.25. The van der Waals surface area contributed by atoms with Crippen LogP contribution in [-0.2, 0) is 0 Å². The monoisotopic (exact) mass is 212 g/mol. The molecule has 3 rings (SSSR count). The first kappa shape index (κ1) is 8.62. The lowest BCUT2D eigenvalue weighted by Gasteiger charge is -2.00. The molecule has 0 aliphatic heterocycles. The van der Waals surface area contributed by atoms with E-state index in [1.54, 1.807) is 17.4 Å². The fraction of sp³-hybridized carbons (Fsp3) is 0. The molecule has 0 spiro atoms. The molecule has 0 N–H and O–H groups in total. The van der Waals surface area contributed by atoms with Crippen molar-refractivity contribution in [3.63, 3.8) is 0 Å². The Kier molecular flexibility index (Phi) is 1.82. The SMILES string of the molecule is O=c1ccsc2c1ccc1ccccc12. The molecular weight excluding hydrogens is 204 g/mol. The van der Waals surface area contributed by atoms with Crippen LogP contribution in [0.1, 0.15) is 0 Å². The van der Waals surface area contributed by atoms with Crippen LogP contribution in [0.4, 0.5) is 0 Å². The summed E-state index contributed by atoms with van der Waals surface area (Å²) in [6, 6.07) is 13.7. The molecule has 15 heavy (non-hydrogen) atoms. The fourth-order valence-electron chi connectivity index (χ4n) is 1.82. The zero-order chi connectivity index (χ0) is 10.3. The third-order valence-corrected chi connectivity index (χ3v) is 3.50. The van der Waals surface area contributed by atoms with Gasteiger partial charge in [-0.05, 0) is 28.3 Å². The quantitative estimate of drug-likeness (QED) is 0.522. The zero-order valence-corrected chi connectivity index (χ0v) is 8.75. The highest BCUT2D eigenvalue weighted by molar-refractivity contribution is 7.17. The van der Waals surface area contributed by atoms with E-state index in [0.717, 1.165) is 15.5 Å². The van der Waals surface area contributed by atoms with Crippen LogP contribution in [0.5, 0.6) is 0 Å². The number of hydrogen-bond acceptors (Lipinski definition) is 2. The highest BCUT2D eigenvalue weighted by atomic mass is 32.1. The van der Waals surface area contributed by atoms with Crippen molar-refractivity contribution >= 4 is 32.2 Å². The van der Waals surface area contributed by atoms with E-state index in [2.05, 4.69) is 12.1 Å². The second kappa shape index (κ2) is 3.17. The molecule has 0 aliphatic rings. The molecule has 0 fully saturated rings. The van der Waals surface area contributed by atoms with Crippen molar-refractivity contribution in [2.24, 2.45) is 0 Å². The lowest BCUT2D eigenvalue weighted by atomic mass is 10.1. The van der Waals surface area contributed by atoms with Gasteiger partial charge in [0.25, 0.3) is 0 Å². The summed E-state index contributed by atoms with van der Waals surface area (Å²) < 4.78 is 1.08. The Hall–Kier alpha value is -1.67. The van der Waals surface area contributed by atoms with Gasteiger partial charge in [-0.2, -0.15) is 0 Å². The van der Waals surface area contributed by atoms with Gasteiger partial charge in [-0.3, -0.25) is 4.79 Å². The molecule has 0 aliphatic carbocycles. The van der Waals surface area contributed by atoms with Gasteiger partial charge in [0, 0.05) is 10.1 Å². The predicted octanol–water partition coefficient (Wildman–Crippen LogP) is 3.41. The van der Waals surface area contributed by atoms with E-state index in [9.17, 15) is 4.79 Å². The topological polar surface area (TPSA) is 17.1 Å². The summed E-state index contributed by atoms with van der Waals surface area (Å²) in [7, 11) is 0. The molecule has 0 amide bonds. The number of rotatable bonds is 0. The van der Waals surface area contributed by atoms with Crippen molar-refractivity contribution in [3.05, 3.63) is 58.1 Å². The molecule has 0 radical (unpaired) electrons. The summed E-state index contributed by atoms with van der Waals surface area (Å²) >= 11 is 1.62. The largest absolute Gasteiger partial charge is 0.289 e. The molecule has 3 aromatic rings. The summed E-state index contributed by atoms with van der Waals surface area (Å²) in [4.78, 5) is 11.6. The normalized spacial score (nSPS) is 10.9. The van der Waals surface area contributed by atoms with Crippen molar-refractivity contribution in [1.29, 1.82) is 0 Å². The van der Waals surface area contributed by atoms with Crippen molar-refractivity contribution in [3.8, 4) is 0 Å². The second-order valence-corrected chi connectivity index (χ2v) is 4.36. The molecule has 2 aromatic carbocycles. The summed E-state index contributed by atoms with van der Waals surface area (Å²) in [5.74, 6) is 0. The van der Waals surface area contributed by atoms with Crippen LogP contribution in [0.15, 0.2) is 52.6 Å². The van der Waals surface area contributed by atoms with Gasteiger partial charge in [0.05, 0.1) is 0 Å². The van der Waals surface area contributed by atoms with Crippen molar-refractivity contribution < 1.29 is 0 Å². The van der Waals surface area contributed by atoms with E-state index >= 15 is 0 Å². The Bertz CT molecular complexity index is 697. The van der Waals surface area contributed by atoms with Crippen LogP contribution in [0.2, 0.25) is 0 Å². The molecule has 0 saturated carbocycles. The Morgan fingerprint density at radius 1 is 0.867 bits per heavy atom. The lowest BCUT2D eigenvalue weighted by Crippen LogP contribution is -1.96. The third-order valence-electron chi connectivity index (χ3n) is 2.55. The van der Waals surface area contributed by atoms with E-state index in [0.29, 0.717) is 0 Å². The summed E-state index contributed by atoms with van der Waals surface area (Å²) in [6.07, 6.45) is 0. The van der Waals surface area contributed by atoms with E-state index in [1.165, 1.54) is 5.39 Å². The minimum atomic E-state index is 0.106. The molecule has 0 unspecified atom stereocenters. The average Bonchev–Trinajstić information content (AvgIpc) is 2.29. The Morgan fingerprint density at radius 2 is 1.73 bits per heavy atom. The standard InChI is InChI=1S/C13H8OS/c14-12-7-8-15-13-10-4-2-1-3-9(10)5-6-11(12)13/h1-8H. The molecule has 1 aromatic heterocycles. The summed E-state index contributed by atoms with van der Waals surface area (Å²) in [5, 5.41) is 5.03. The smallest absolute Gasteiger partial charge is 0.188 e. The highest BCUT2D eigenvalue weighted by Gasteiger charge is 2.01. The molecule has 0 saturated heterocycles. The maximum atomic E-state index is 11.6. The van der Waals surface area contributed by atoms with Crippen LogP contribution < -0.4 is 5.43 Å². The minimum absolute atomic E-state index is 0.106. The van der Waals surface area contributed by atoms with Gasteiger partial charge >= 0.3 is 0 Å². The molecule has 0 atom stereocenters. The van der Waals surface area contributed by atoms with Gasteiger partial charge in [-0.15, -0.1) is 11.3 Å². The van der Waals surface area contributed by atoms with Gasteiger partial charge in [0.2, 0.25) is 0 Å². The number of fused-ring (bicyclic) bond motifs is 3. The lowest BCUT2D eigenvalue weighted by molar-refractivity contribution is 1.73. The maximum absolute atomic E-state index is 11.6. The van der Waals surface area contributed by atoms with E-state index in [-0.39, 0.29) is 5.43 Å². The first-order valence-corrected chi connectivity index (χ1v) is 5.63. The van der Waals surface area contributed by atoms with Crippen molar-refractivity contribution in [2.45, 2.75) is 0 Å². The fourth-order valence-corrected chi connectivity index (χ4v) is 2.75. The summed E-state index contributed by atoms with van der Waals surface area (Å²) in [6.45, 7) is 0. The number of hydrogen-bond donors (Lipinski definition) is 0. The van der Waals surface area contributed by atoms with Crippen molar-refractivity contribution in [2.75, 3.05) is 0 Å². The Balaban J connectivity index is 2.67. The van der Waals surface area contributed by atoms with Gasteiger partial charge in [-0.25, -0.2) is 0 Å². The van der Waals surface area contributed by atoms with Gasteiger partial charge in [0.1, 0.15) is 0 Å². The third kappa shape index (κ3) is 1.26. The summed E-state index contributed by atoms with van der Waals surface area (Å²) in [5.41, 5.74) is 0.106. The second-order valence-electron chi connectivity index (χ2n) is 3.45. The molecule has 1 nitrogen and oxygen atoms in total. The van der Waals surface area contributed by atoms with Crippen LogP contribution in [0.3, 0.4) is 0 Å². The zero-order valence-electron chi connectivity index (χ0n) is 7.94. The van der Waals surface area contributed by atoms with E-state index < -0.39 is 0 Å². The molecular formula is C13H8OS. The van der Waals surface area contributed by atoms with Crippen LogP contribution in [-0.4, -0.2) is 0 Å². The number of benzene rings is 2. The van der Waals surface area contributed by atoms with Gasteiger partial charge in [0.15, 0.2) is 5.43 Å². The average molecular weight is 212 g/mol. The molecule has 72 valence electrons. The minimum Gasteiger partial charge on any atom is -0.289 e. The van der Waals surface area contributed by atoms with Crippen molar-refractivity contribution in [1.82, 2.24) is 0 Å². The molecule has 1 heterocycles. The van der Waals surface area contributed by atoms with E-state index in [1.807, 2.05) is 29.6 Å². The Labute approximate surface area is 90.6 Å². The van der Waals surface area contributed by atoms with Gasteiger partial charge < -0.3 is 0 Å². The Morgan fingerprint density at radius 3 is 2.67 bits per heavy atom. The van der Waals surface area contributed by atoms with Gasteiger partial charge in [-0.1, -0.05) is 30.3 Å². The maximum Gasteiger partial charge on any atom is 0.188 e. The van der Waals surface area contributed by atoms with Crippen LogP contribution >= 0.6 is 11.3 Å². The molecule has 2 heteroatoms. The van der Waals surface area contributed by atoms with Crippen LogP contribution in [0, 0.1) is 0 Å². The first-order valence-electron chi connectivity index (χ1n) is 4.75.